The number of hydrogen-bond donors (Lipinski definition) is 1. The number of ether oxygens (including phenoxy) is 1. The Balaban J connectivity index is 2.87. The number of nitrogens with one attached hydrogen (secondary N) is 1. The number of amides is 1. The summed E-state index contributed by atoms with van der Waals surface area (Å²) in [6.45, 7) is 8.37. The molecule has 1 amide bonds. The lowest BCUT2D eigenvalue weighted by molar-refractivity contribution is -0.152. The predicted octanol–water partition coefficient (Wildman–Crippen LogP) is 1.03. The third kappa shape index (κ3) is 3.47. The quantitative estimate of drug-likeness (QED) is 0.733. The number of rotatable bonds is 6. The van der Waals surface area contributed by atoms with Crippen molar-refractivity contribution in [2.45, 2.75) is 33.6 Å². The highest BCUT2D eigenvalue weighted by molar-refractivity contribution is 5.87. The molecule has 1 N–H and O–H groups in total. The van der Waals surface area contributed by atoms with Gasteiger partial charge in [0.15, 0.2) is 0 Å². The van der Waals surface area contributed by atoms with Crippen LogP contribution in [0, 0.1) is 11.3 Å². The van der Waals surface area contributed by atoms with E-state index < -0.39 is 0 Å². The second-order valence-corrected chi connectivity index (χ2v) is 5.54. The highest BCUT2D eigenvalue weighted by Gasteiger charge is 2.46. The average molecular weight is 270 g/mol. The van der Waals surface area contributed by atoms with E-state index in [1.54, 1.807) is 4.90 Å². The Morgan fingerprint density at radius 1 is 1.42 bits per heavy atom. The largest absolute Gasteiger partial charge is 0.468 e. The topological polar surface area (TPSA) is 58.6 Å². The number of esters is 1. The lowest BCUT2D eigenvalue weighted by Gasteiger charge is -2.36. The zero-order chi connectivity index (χ0) is 14.5. The second kappa shape index (κ2) is 6.89. The molecule has 1 fully saturated rings. The summed E-state index contributed by atoms with van der Waals surface area (Å²) >= 11 is 0. The molecule has 110 valence electrons. The van der Waals surface area contributed by atoms with Gasteiger partial charge >= 0.3 is 5.97 Å². The molecule has 1 unspecified atom stereocenters. The Morgan fingerprint density at radius 3 is 2.53 bits per heavy atom. The summed E-state index contributed by atoms with van der Waals surface area (Å²) < 4.78 is 4.68. The fraction of sp³-hybridized carbons (Fsp3) is 0.857. The minimum absolute atomic E-state index is 0.0532. The molecule has 0 aromatic rings. The van der Waals surface area contributed by atoms with Gasteiger partial charge in [0, 0.05) is 13.1 Å². The summed E-state index contributed by atoms with van der Waals surface area (Å²) in [7, 11) is 1.35. The van der Waals surface area contributed by atoms with Gasteiger partial charge in [0.25, 0.3) is 0 Å². The van der Waals surface area contributed by atoms with Gasteiger partial charge in [0.2, 0.25) is 5.91 Å². The number of nitrogens with zero attached hydrogens (tertiary/aromatic N) is 1. The van der Waals surface area contributed by atoms with E-state index in [1.165, 1.54) is 7.11 Å². The monoisotopic (exact) mass is 270 g/mol. The molecule has 0 saturated carbocycles. The van der Waals surface area contributed by atoms with Crippen LogP contribution in [-0.4, -0.2) is 50.1 Å². The van der Waals surface area contributed by atoms with Gasteiger partial charge in [-0.2, -0.15) is 0 Å². The molecule has 0 radical (unpaired) electrons. The number of carbonyl (C=O) groups excluding carboxylic acids is 2. The smallest absolute Gasteiger partial charge is 0.325 e. The number of hydrogen-bond acceptors (Lipinski definition) is 4. The van der Waals surface area contributed by atoms with E-state index in [0.29, 0.717) is 13.1 Å². The van der Waals surface area contributed by atoms with Crippen LogP contribution in [0.4, 0.5) is 0 Å². The van der Waals surface area contributed by atoms with Gasteiger partial charge in [0.1, 0.15) is 6.54 Å². The first-order valence-electron chi connectivity index (χ1n) is 7.04. The molecule has 0 aromatic heterocycles. The van der Waals surface area contributed by atoms with E-state index in [2.05, 4.69) is 23.9 Å². The minimum Gasteiger partial charge on any atom is -0.468 e. The van der Waals surface area contributed by atoms with E-state index >= 15 is 0 Å². The standard InChI is InChI=1S/C14H26N2O3/c1-5-8-16(9-12(17)19-4)13(18)14(11(2)3)6-7-15-10-14/h11,15H,5-10H2,1-4H3. The van der Waals surface area contributed by atoms with Crippen molar-refractivity contribution in [3.63, 3.8) is 0 Å². The van der Waals surface area contributed by atoms with Gasteiger partial charge in [-0.05, 0) is 25.3 Å². The molecule has 1 rings (SSSR count). The highest BCUT2D eigenvalue weighted by atomic mass is 16.5. The summed E-state index contributed by atoms with van der Waals surface area (Å²) in [4.78, 5) is 25.9. The van der Waals surface area contributed by atoms with Crippen molar-refractivity contribution < 1.29 is 14.3 Å². The summed E-state index contributed by atoms with van der Waals surface area (Å²) in [6, 6.07) is 0. The Kier molecular flexibility index (Phi) is 5.79. The Bertz CT molecular complexity index is 323. The van der Waals surface area contributed by atoms with Crippen molar-refractivity contribution in [1.82, 2.24) is 10.2 Å². The summed E-state index contributed by atoms with van der Waals surface area (Å²) in [5.74, 6) is -0.0154. The molecule has 1 atom stereocenters. The van der Waals surface area contributed by atoms with E-state index in [1.807, 2.05) is 6.92 Å². The summed E-state index contributed by atoms with van der Waals surface area (Å²) in [6.07, 6.45) is 1.68. The van der Waals surface area contributed by atoms with Crippen LogP contribution in [0.25, 0.3) is 0 Å². The molecule has 19 heavy (non-hydrogen) atoms. The molecule has 1 aliphatic rings. The maximum Gasteiger partial charge on any atom is 0.325 e. The lowest BCUT2D eigenvalue weighted by Crippen LogP contribution is -2.50. The molecule has 1 heterocycles. The van der Waals surface area contributed by atoms with Crippen LogP contribution in [0.1, 0.15) is 33.6 Å². The molecule has 0 spiro atoms. The van der Waals surface area contributed by atoms with E-state index in [-0.39, 0.29) is 29.8 Å². The lowest BCUT2D eigenvalue weighted by atomic mass is 9.75. The second-order valence-electron chi connectivity index (χ2n) is 5.54. The highest BCUT2D eigenvalue weighted by Crippen LogP contribution is 2.36. The molecule has 0 aromatic carbocycles. The van der Waals surface area contributed by atoms with Gasteiger partial charge < -0.3 is 15.0 Å². The zero-order valence-corrected chi connectivity index (χ0v) is 12.5. The van der Waals surface area contributed by atoms with Crippen molar-refractivity contribution >= 4 is 11.9 Å². The molecular weight excluding hydrogens is 244 g/mol. The molecule has 0 bridgehead atoms. The van der Waals surface area contributed by atoms with Crippen molar-refractivity contribution in [3.05, 3.63) is 0 Å². The van der Waals surface area contributed by atoms with Gasteiger partial charge in [-0.3, -0.25) is 9.59 Å². The third-order valence-corrected chi connectivity index (χ3v) is 4.05. The Labute approximate surface area is 115 Å². The van der Waals surface area contributed by atoms with Crippen molar-refractivity contribution in [2.24, 2.45) is 11.3 Å². The van der Waals surface area contributed by atoms with Crippen LogP contribution in [0.5, 0.6) is 0 Å². The predicted molar refractivity (Wildman–Crippen MR) is 73.6 cm³/mol. The number of methoxy groups -OCH3 is 1. The van der Waals surface area contributed by atoms with Crippen LogP contribution < -0.4 is 5.32 Å². The molecule has 1 saturated heterocycles. The van der Waals surface area contributed by atoms with E-state index in [0.717, 1.165) is 19.4 Å². The first-order valence-corrected chi connectivity index (χ1v) is 7.04. The van der Waals surface area contributed by atoms with Gasteiger partial charge in [-0.25, -0.2) is 0 Å². The molecular formula is C14H26N2O3. The molecule has 5 heteroatoms. The Morgan fingerprint density at radius 2 is 2.11 bits per heavy atom. The Hall–Kier alpha value is -1.10. The molecule has 0 aliphatic carbocycles. The first kappa shape index (κ1) is 16.0. The van der Waals surface area contributed by atoms with Crippen molar-refractivity contribution in [2.75, 3.05) is 33.3 Å². The van der Waals surface area contributed by atoms with Crippen LogP contribution in [0.15, 0.2) is 0 Å². The van der Waals surface area contributed by atoms with Gasteiger partial charge in [-0.15, -0.1) is 0 Å². The summed E-state index contributed by atoms with van der Waals surface area (Å²) in [5.41, 5.74) is -0.372. The molecule has 5 nitrogen and oxygen atoms in total. The fourth-order valence-electron chi connectivity index (χ4n) is 2.69. The maximum absolute atomic E-state index is 12.8. The third-order valence-electron chi connectivity index (χ3n) is 4.05. The van der Waals surface area contributed by atoms with Gasteiger partial charge in [0.05, 0.1) is 12.5 Å². The molecule has 1 aliphatic heterocycles. The zero-order valence-electron chi connectivity index (χ0n) is 12.5. The van der Waals surface area contributed by atoms with Crippen LogP contribution in [0.2, 0.25) is 0 Å². The fourth-order valence-corrected chi connectivity index (χ4v) is 2.69. The normalized spacial score (nSPS) is 22.6. The minimum atomic E-state index is -0.372. The average Bonchev–Trinajstić information content (AvgIpc) is 2.87. The van der Waals surface area contributed by atoms with Crippen LogP contribution in [-0.2, 0) is 14.3 Å². The SMILES string of the molecule is CCCN(CC(=O)OC)C(=O)C1(C(C)C)CCNC1. The number of carbonyl (C=O) groups is 2. The van der Waals surface area contributed by atoms with Crippen LogP contribution >= 0.6 is 0 Å². The van der Waals surface area contributed by atoms with E-state index in [4.69, 9.17) is 0 Å². The summed E-state index contributed by atoms with van der Waals surface area (Å²) in [5, 5.41) is 3.28. The van der Waals surface area contributed by atoms with E-state index in [9.17, 15) is 9.59 Å². The van der Waals surface area contributed by atoms with Crippen molar-refractivity contribution in [3.8, 4) is 0 Å². The van der Waals surface area contributed by atoms with Crippen LogP contribution in [0.3, 0.4) is 0 Å². The first-order chi connectivity index (χ1) is 8.97. The van der Waals surface area contributed by atoms with Crippen molar-refractivity contribution in [1.29, 1.82) is 0 Å². The maximum atomic E-state index is 12.8. The van der Waals surface area contributed by atoms with Gasteiger partial charge in [-0.1, -0.05) is 20.8 Å².